The van der Waals surface area contributed by atoms with E-state index in [4.69, 9.17) is 0 Å². The molecule has 0 aliphatic heterocycles. The van der Waals surface area contributed by atoms with Crippen LogP contribution in [0.4, 0.5) is 0 Å². The van der Waals surface area contributed by atoms with Crippen molar-refractivity contribution in [1.82, 2.24) is 9.13 Å². The van der Waals surface area contributed by atoms with Gasteiger partial charge >= 0.3 is 0 Å². The van der Waals surface area contributed by atoms with Crippen LogP contribution in [0.2, 0.25) is 0 Å². The Morgan fingerprint density at radius 1 is 0.391 bits per heavy atom. The second-order valence-electron chi connectivity index (χ2n) is 13.7. The lowest BCUT2D eigenvalue weighted by Gasteiger charge is -2.13. The van der Waals surface area contributed by atoms with Crippen LogP contribution in [0.15, 0.2) is 133 Å². The van der Waals surface area contributed by atoms with Crippen LogP contribution in [0, 0.1) is 11.8 Å². The first-order chi connectivity index (χ1) is 22.4. The first-order valence-electron chi connectivity index (χ1n) is 16.7. The molecule has 0 saturated carbocycles. The minimum atomic E-state index is 0.628. The van der Waals surface area contributed by atoms with Crippen LogP contribution in [0.25, 0.3) is 66.1 Å². The Bertz CT molecular complexity index is 2210. The lowest BCUT2D eigenvalue weighted by Crippen LogP contribution is -1.97. The van der Waals surface area contributed by atoms with E-state index in [-0.39, 0.29) is 0 Å². The van der Waals surface area contributed by atoms with Gasteiger partial charge in [0, 0.05) is 32.9 Å². The second kappa shape index (κ2) is 11.4. The van der Waals surface area contributed by atoms with Gasteiger partial charge in [0.15, 0.2) is 0 Å². The largest absolute Gasteiger partial charge is 0.309 e. The lowest BCUT2D eigenvalue weighted by molar-refractivity contribution is 0.647. The van der Waals surface area contributed by atoms with Crippen LogP contribution in [-0.2, 0) is 12.8 Å². The normalized spacial score (nSPS) is 12.0. The maximum absolute atomic E-state index is 2.43. The van der Waals surface area contributed by atoms with Crippen molar-refractivity contribution >= 4 is 43.6 Å². The highest BCUT2D eigenvalue weighted by Crippen LogP contribution is 2.36. The topological polar surface area (TPSA) is 9.86 Å². The van der Waals surface area contributed by atoms with Crippen molar-refractivity contribution in [2.24, 2.45) is 11.8 Å². The average molecular weight is 597 g/mol. The molecule has 2 aromatic heterocycles. The number of para-hydroxylation sites is 2. The van der Waals surface area contributed by atoms with Crippen LogP contribution in [0.1, 0.15) is 38.8 Å². The van der Waals surface area contributed by atoms with Gasteiger partial charge in [-0.2, -0.15) is 0 Å². The quantitative estimate of drug-likeness (QED) is 0.173. The molecule has 226 valence electrons. The fraction of sp³-hybridized carbons (Fsp3) is 0.182. The molecule has 6 aromatic carbocycles. The molecule has 0 radical (unpaired) electrons. The van der Waals surface area contributed by atoms with E-state index in [0.717, 1.165) is 12.8 Å². The van der Waals surface area contributed by atoms with Crippen LogP contribution in [-0.4, -0.2) is 9.13 Å². The molecule has 2 nitrogen and oxygen atoms in total. The molecule has 0 fully saturated rings. The summed E-state index contributed by atoms with van der Waals surface area (Å²) < 4.78 is 4.86. The smallest absolute Gasteiger partial charge is 0.0541 e. The number of hydrogen-bond donors (Lipinski definition) is 0. The van der Waals surface area contributed by atoms with E-state index in [1.165, 1.54) is 77.2 Å². The Morgan fingerprint density at radius 2 is 0.804 bits per heavy atom. The van der Waals surface area contributed by atoms with Crippen LogP contribution in [0.3, 0.4) is 0 Å². The van der Waals surface area contributed by atoms with Crippen molar-refractivity contribution in [3.63, 3.8) is 0 Å². The third-order valence-electron chi connectivity index (χ3n) is 9.30. The van der Waals surface area contributed by atoms with Gasteiger partial charge in [0.1, 0.15) is 0 Å². The van der Waals surface area contributed by atoms with Crippen molar-refractivity contribution in [2.45, 2.75) is 40.5 Å². The molecule has 0 aliphatic carbocycles. The summed E-state index contributed by atoms with van der Waals surface area (Å²) in [5, 5.41) is 5.25. The molecule has 8 aromatic rings. The van der Waals surface area contributed by atoms with Crippen molar-refractivity contribution in [2.75, 3.05) is 0 Å². The van der Waals surface area contributed by atoms with Gasteiger partial charge in [0.2, 0.25) is 0 Å². The molecule has 0 aliphatic rings. The molecule has 0 saturated heterocycles. The van der Waals surface area contributed by atoms with E-state index in [2.05, 4.69) is 170 Å². The molecule has 2 heterocycles. The number of benzene rings is 6. The zero-order valence-electron chi connectivity index (χ0n) is 27.2. The van der Waals surface area contributed by atoms with E-state index >= 15 is 0 Å². The predicted octanol–water partition coefficient (Wildman–Crippen LogP) is 11.9. The van der Waals surface area contributed by atoms with Gasteiger partial charge in [-0.05, 0) is 108 Å². The first-order valence-corrected chi connectivity index (χ1v) is 16.7. The Morgan fingerprint density at radius 3 is 1.24 bits per heavy atom. The standard InChI is InChI=1S/C44H40N2/c1-29(2)23-31-19-21-43-39(25-31)37-15-5-7-17-41(37)45(43)35-13-9-11-33(27-35)34-12-10-14-36(28-34)46-42-18-8-6-16-38(42)40-26-32(24-30(3)4)20-22-44(40)46/h5-22,25-30H,23-24H2,1-4H3. The van der Waals surface area contributed by atoms with E-state index in [0.29, 0.717) is 11.8 Å². The molecule has 8 rings (SSSR count). The highest BCUT2D eigenvalue weighted by molar-refractivity contribution is 6.10. The molecule has 0 N–H and O–H groups in total. The summed E-state index contributed by atoms with van der Waals surface area (Å²) in [5.74, 6) is 1.26. The number of nitrogens with zero attached hydrogens (tertiary/aromatic N) is 2. The van der Waals surface area contributed by atoms with Gasteiger partial charge in [0.05, 0.1) is 22.1 Å². The predicted molar refractivity (Wildman–Crippen MR) is 198 cm³/mol. The third-order valence-corrected chi connectivity index (χ3v) is 9.30. The van der Waals surface area contributed by atoms with Crippen molar-refractivity contribution in [3.05, 3.63) is 145 Å². The molecule has 0 amide bonds. The highest BCUT2D eigenvalue weighted by atomic mass is 15.0. The molecule has 2 heteroatoms. The summed E-state index contributed by atoms with van der Waals surface area (Å²) >= 11 is 0. The summed E-state index contributed by atoms with van der Waals surface area (Å²) in [5.41, 5.74) is 12.6. The minimum Gasteiger partial charge on any atom is -0.309 e. The molecule has 46 heavy (non-hydrogen) atoms. The van der Waals surface area contributed by atoms with E-state index < -0.39 is 0 Å². The second-order valence-corrected chi connectivity index (χ2v) is 13.7. The summed E-state index contributed by atoms with van der Waals surface area (Å²) in [6, 6.07) is 49.7. The van der Waals surface area contributed by atoms with Gasteiger partial charge in [-0.25, -0.2) is 0 Å². The van der Waals surface area contributed by atoms with Crippen LogP contribution >= 0.6 is 0 Å². The van der Waals surface area contributed by atoms with Crippen molar-refractivity contribution < 1.29 is 0 Å². The maximum Gasteiger partial charge on any atom is 0.0541 e. The van der Waals surface area contributed by atoms with Crippen molar-refractivity contribution in [1.29, 1.82) is 0 Å². The van der Waals surface area contributed by atoms with Gasteiger partial charge in [0.25, 0.3) is 0 Å². The summed E-state index contributed by atoms with van der Waals surface area (Å²) in [4.78, 5) is 0. The fourth-order valence-corrected chi connectivity index (χ4v) is 7.44. The SMILES string of the molecule is CC(C)Cc1ccc2c(c1)c1ccccc1n2-c1cccc(-c2cccc(-n3c4ccccc4c4cc(CC(C)C)ccc43)c2)c1. The zero-order chi connectivity index (χ0) is 31.4. The number of aromatic nitrogens is 2. The summed E-state index contributed by atoms with van der Waals surface area (Å²) in [6.07, 6.45) is 2.18. The van der Waals surface area contributed by atoms with Gasteiger partial charge in [-0.1, -0.05) is 100 Å². The Labute approximate surface area is 271 Å². The summed E-state index contributed by atoms with van der Waals surface area (Å²) in [6.45, 7) is 9.16. The van der Waals surface area contributed by atoms with Crippen molar-refractivity contribution in [3.8, 4) is 22.5 Å². The minimum absolute atomic E-state index is 0.628. The Kier molecular flexibility index (Phi) is 7.02. The molecule has 0 unspecified atom stereocenters. The molecular formula is C44H40N2. The van der Waals surface area contributed by atoms with E-state index in [1.54, 1.807) is 0 Å². The van der Waals surface area contributed by atoms with Gasteiger partial charge in [-0.3, -0.25) is 0 Å². The Balaban J connectivity index is 1.25. The maximum atomic E-state index is 2.43. The lowest BCUT2D eigenvalue weighted by atomic mass is 10.0. The zero-order valence-corrected chi connectivity index (χ0v) is 27.2. The van der Waals surface area contributed by atoms with E-state index in [9.17, 15) is 0 Å². The average Bonchev–Trinajstić information content (AvgIpc) is 3.57. The third kappa shape index (κ3) is 4.90. The summed E-state index contributed by atoms with van der Waals surface area (Å²) in [7, 11) is 0. The van der Waals surface area contributed by atoms with Gasteiger partial charge in [-0.15, -0.1) is 0 Å². The van der Waals surface area contributed by atoms with Gasteiger partial charge < -0.3 is 9.13 Å². The number of hydrogen-bond acceptors (Lipinski definition) is 0. The van der Waals surface area contributed by atoms with Crippen LogP contribution < -0.4 is 0 Å². The highest BCUT2D eigenvalue weighted by Gasteiger charge is 2.16. The van der Waals surface area contributed by atoms with E-state index in [1.807, 2.05) is 0 Å². The molecule has 0 bridgehead atoms. The van der Waals surface area contributed by atoms with Crippen LogP contribution in [0.5, 0.6) is 0 Å². The number of fused-ring (bicyclic) bond motifs is 6. The first kappa shape index (κ1) is 28.4. The molecule has 0 spiro atoms. The number of rotatable bonds is 7. The Hall–Kier alpha value is -5.08. The molecule has 0 atom stereocenters. The monoisotopic (exact) mass is 596 g/mol. The fourth-order valence-electron chi connectivity index (χ4n) is 7.44. The molecular weight excluding hydrogens is 556 g/mol.